The Morgan fingerprint density at radius 3 is 2.20 bits per heavy atom. The molecule has 0 spiro atoms. The van der Waals surface area contributed by atoms with Crippen molar-refractivity contribution in [1.82, 2.24) is 0 Å². The summed E-state index contributed by atoms with van der Waals surface area (Å²) >= 11 is 3.54. The highest BCUT2D eigenvalue weighted by Crippen LogP contribution is 2.11. The van der Waals surface area contributed by atoms with Gasteiger partial charge in [0, 0.05) is 4.83 Å². The van der Waals surface area contributed by atoms with Crippen molar-refractivity contribution >= 4 is 15.9 Å². The summed E-state index contributed by atoms with van der Waals surface area (Å²) < 4.78 is 0. The van der Waals surface area contributed by atoms with Crippen LogP contribution in [0.1, 0.15) is 52.4 Å². The molecule has 1 atom stereocenters. The Balaban J connectivity index is 2.77. The third kappa shape index (κ3) is 8.48. The van der Waals surface area contributed by atoms with Gasteiger partial charge < -0.3 is 0 Å². The molecular weight excluding hydrogens is 188 g/mol. The summed E-state index contributed by atoms with van der Waals surface area (Å²) in [5, 5.41) is 0. The van der Waals surface area contributed by atoms with Crippen molar-refractivity contribution in [2.75, 3.05) is 0 Å². The van der Waals surface area contributed by atoms with Crippen molar-refractivity contribution in [1.29, 1.82) is 0 Å². The first-order valence-corrected chi connectivity index (χ1v) is 5.33. The lowest BCUT2D eigenvalue weighted by molar-refractivity contribution is 0.608. The second-order valence-corrected chi connectivity index (χ2v) is 4.55. The van der Waals surface area contributed by atoms with Crippen LogP contribution in [0, 0.1) is 0 Å². The van der Waals surface area contributed by atoms with Gasteiger partial charge in [0.1, 0.15) is 0 Å². The maximum atomic E-state index is 3.54. The van der Waals surface area contributed by atoms with Gasteiger partial charge >= 0.3 is 0 Å². The molecule has 10 heavy (non-hydrogen) atoms. The molecule has 0 nitrogen and oxygen atoms in total. The van der Waals surface area contributed by atoms with Crippen molar-refractivity contribution in [2.24, 2.45) is 0 Å². The molecule has 0 aromatic rings. The highest BCUT2D eigenvalue weighted by Gasteiger charge is 1.94. The number of hydrogen-bond donors (Lipinski definition) is 0. The van der Waals surface area contributed by atoms with Crippen LogP contribution >= 0.6 is 15.9 Å². The second kappa shape index (κ2) is 7.59. The van der Waals surface area contributed by atoms with Gasteiger partial charge in [-0.05, 0) is 6.42 Å². The number of rotatable bonds is 6. The molecule has 0 fully saturated rings. The van der Waals surface area contributed by atoms with E-state index in [1.165, 1.54) is 38.5 Å². The van der Waals surface area contributed by atoms with Crippen molar-refractivity contribution in [3.05, 3.63) is 0 Å². The predicted molar refractivity (Wildman–Crippen MR) is 51.8 cm³/mol. The van der Waals surface area contributed by atoms with Gasteiger partial charge in [0.25, 0.3) is 0 Å². The average Bonchev–Trinajstić information content (AvgIpc) is 1.87. The van der Waals surface area contributed by atoms with E-state index in [0.717, 1.165) is 0 Å². The van der Waals surface area contributed by atoms with Crippen LogP contribution in [0.3, 0.4) is 0 Å². The van der Waals surface area contributed by atoms with Crippen LogP contribution in [0.4, 0.5) is 0 Å². The molecule has 0 aromatic heterocycles. The summed E-state index contributed by atoms with van der Waals surface area (Å²) in [5.41, 5.74) is 0. The van der Waals surface area contributed by atoms with Crippen molar-refractivity contribution in [3.63, 3.8) is 0 Å². The normalized spacial score (nSPS) is 13.5. The Morgan fingerprint density at radius 2 is 1.70 bits per heavy atom. The lowest BCUT2D eigenvalue weighted by Gasteiger charge is -2.01. The molecule has 0 bridgehead atoms. The summed E-state index contributed by atoms with van der Waals surface area (Å²) in [6, 6.07) is 0. The van der Waals surface area contributed by atoms with Crippen molar-refractivity contribution in [2.45, 2.75) is 57.2 Å². The second-order valence-electron chi connectivity index (χ2n) is 2.98. The van der Waals surface area contributed by atoms with Crippen LogP contribution in [-0.2, 0) is 0 Å². The molecule has 0 saturated carbocycles. The van der Waals surface area contributed by atoms with Crippen LogP contribution in [0.25, 0.3) is 0 Å². The zero-order chi connectivity index (χ0) is 7.82. The summed E-state index contributed by atoms with van der Waals surface area (Å²) in [4.78, 5) is 0.717. The van der Waals surface area contributed by atoms with Crippen LogP contribution in [0.2, 0.25) is 0 Å². The first kappa shape index (κ1) is 10.5. The van der Waals surface area contributed by atoms with E-state index in [1.807, 2.05) is 0 Å². The molecule has 1 heteroatoms. The zero-order valence-corrected chi connectivity index (χ0v) is 8.78. The monoisotopic (exact) mass is 206 g/mol. The van der Waals surface area contributed by atoms with Gasteiger partial charge in [0.2, 0.25) is 0 Å². The minimum Gasteiger partial charge on any atom is -0.0894 e. The lowest BCUT2D eigenvalue weighted by Crippen LogP contribution is -1.88. The number of halogens is 1. The maximum absolute atomic E-state index is 3.54. The quantitative estimate of drug-likeness (QED) is 0.453. The molecule has 62 valence electrons. The molecule has 0 aromatic carbocycles. The Kier molecular flexibility index (Phi) is 7.95. The van der Waals surface area contributed by atoms with Gasteiger partial charge in [0.15, 0.2) is 0 Å². The molecule has 0 saturated heterocycles. The summed E-state index contributed by atoms with van der Waals surface area (Å²) in [7, 11) is 0. The fraction of sp³-hybridized carbons (Fsp3) is 1.00. The van der Waals surface area contributed by atoms with Crippen LogP contribution in [0.15, 0.2) is 0 Å². The summed E-state index contributed by atoms with van der Waals surface area (Å²) in [5.74, 6) is 0. The van der Waals surface area contributed by atoms with Gasteiger partial charge in [0.05, 0.1) is 0 Å². The first-order valence-electron chi connectivity index (χ1n) is 4.41. The minimum atomic E-state index is 0.717. The topological polar surface area (TPSA) is 0 Å². The summed E-state index contributed by atoms with van der Waals surface area (Å²) in [6.45, 7) is 4.48. The molecule has 0 radical (unpaired) electrons. The Morgan fingerprint density at radius 1 is 1.10 bits per heavy atom. The standard InChI is InChI=1S/C9H19Br/c1-3-4-5-6-7-8-9(2)10/h9H,3-8H2,1-2H3/t9-/m0/s1. The smallest absolute Gasteiger partial charge is 0.0117 e. The van der Waals surface area contributed by atoms with Crippen LogP contribution in [0.5, 0.6) is 0 Å². The van der Waals surface area contributed by atoms with Gasteiger partial charge in [-0.15, -0.1) is 0 Å². The Hall–Kier alpha value is 0.480. The van der Waals surface area contributed by atoms with Gasteiger partial charge in [-0.25, -0.2) is 0 Å². The molecule has 0 aliphatic carbocycles. The Labute approximate surface area is 73.5 Å². The highest BCUT2D eigenvalue weighted by molar-refractivity contribution is 9.09. The molecule has 0 aliphatic heterocycles. The fourth-order valence-corrected chi connectivity index (χ4v) is 1.35. The molecule has 0 amide bonds. The minimum absolute atomic E-state index is 0.717. The Bertz CT molecular complexity index is 59.7. The highest BCUT2D eigenvalue weighted by atomic mass is 79.9. The van der Waals surface area contributed by atoms with Crippen molar-refractivity contribution < 1.29 is 0 Å². The molecule has 0 N–H and O–H groups in total. The van der Waals surface area contributed by atoms with Gasteiger partial charge in [-0.1, -0.05) is 61.9 Å². The largest absolute Gasteiger partial charge is 0.0894 e. The molecule has 0 aliphatic rings. The van der Waals surface area contributed by atoms with E-state index in [4.69, 9.17) is 0 Å². The lowest BCUT2D eigenvalue weighted by atomic mass is 10.1. The molecule has 0 unspecified atom stereocenters. The molecular formula is C9H19Br. The van der Waals surface area contributed by atoms with Crippen LogP contribution < -0.4 is 0 Å². The molecule has 0 heterocycles. The summed E-state index contributed by atoms with van der Waals surface area (Å²) in [6.07, 6.45) is 8.34. The van der Waals surface area contributed by atoms with Crippen LogP contribution in [-0.4, -0.2) is 4.83 Å². The third-order valence-corrected chi connectivity index (χ3v) is 2.16. The fourth-order valence-electron chi connectivity index (χ4n) is 1.03. The van der Waals surface area contributed by atoms with E-state index in [2.05, 4.69) is 29.8 Å². The average molecular weight is 207 g/mol. The van der Waals surface area contributed by atoms with Crippen molar-refractivity contribution in [3.8, 4) is 0 Å². The van der Waals surface area contributed by atoms with E-state index >= 15 is 0 Å². The van der Waals surface area contributed by atoms with E-state index in [-0.39, 0.29) is 0 Å². The number of hydrogen-bond acceptors (Lipinski definition) is 0. The third-order valence-electron chi connectivity index (χ3n) is 1.71. The predicted octanol–water partition coefficient (Wildman–Crippen LogP) is 4.13. The maximum Gasteiger partial charge on any atom is 0.0117 e. The van der Waals surface area contributed by atoms with E-state index in [1.54, 1.807) is 0 Å². The van der Waals surface area contributed by atoms with Gasteiger partial charge in [-0.2, -0.15) is 0 Å². The number of unbranched alkanes of at least 4 members (excludes halogenated alkanes) is 4. The number of alkyl halides is 1. The van der Waals surface area contributed by atoms with E-state index in [0.29, 0.717) is 4.83 Å². The van der Waals surface area contributed by atoms with E-state index in [9.17, 15) is 0 Å². The first-order chi connectivity index (χ1) is 4.77. The van der Waals surface area contributed by atoms with E-state index < -0.39 is 0 Å². The van der Waals surface area contributed by atoms with Gasteiger partial charge in [-0.3, -0.25) is 0 Å². The SMILES string of the molecule is CCCCCCC[C@H](C)Br. The molecule has 0 rings (SSSR count). The zero-order valence-electron chi connectivity index (χ0n) is 7.20.